The molecule has 2 atom stereocenters. The number of nitriles is 1. The summed E-state index contributed by atoms with van der Waals surface area (Å²) in [6.45, 7) is 0. The van der Waals surface area contributed by atoms with E-state index in [0.29, 0.717) is 23.7 Å². The molecule has 1 aromatic rings. The van der Waals surface area contributed by atoms with Crippen LogP contribution in [0, 0.1) is 17.2 Å². The van der Waals surface area contributed by atoms with E-state index in [9.17, 15) is 4.79 Å². The molecule has 3 heterocycles. The van der Waals surface area contributed by atoms with E-state index in [-0.39, 0.29) is 12.3 Å². The number of aliphatic carboxylic acids is 1. The molecule has 2 unspecified atom stereocenters. The lowest BCUT2D eigenvalue weighted by Gasteiger charge is -2.38. The van der Waals surface area contributed by atoms with Crippen molar-refractivity contribution in [2.75, 3.05) is 4.90 Å². The van der Waals surface area contributed by atoms with Crippen molar-refractivity contribution < 1.29 is 9.90 Å². The van der Waals surface area contributed by atoms with Gasteiger partial charge in [0, 0.05) is 24.7 Å². The Morgan fingerprint density at radius 1 is 1.45 bits per heavy atom. The van der Waals surface area contributed by atoms with E-state index in [1.54, 1.807) is 12.3 Å². The highest BCUT2D eigenvalue weighted by Crippen LogP contribution is 2.41. The summed E-state index contributed by atoms with van der Waals surface area (Å²) in [5, 5.41) is 17.9. The number of anilines is 1. The van der Waals surface area contributed by atoms with Crippen molar-refractivity contribution in [1.29, 1.82) is 5.26 Å². The van der Waals surface area contributed by atoms with Gasteiger partial charge in [-0.15, -0.1) is 0 Å². The first-order chi connectivity index (χ1) is 9.67. The first-order valence-corrected chi connectivity index (χ1v) is 6.90. The molecule has 104 valence electrons. The van der Waals surface area contributed by atoms with E-state index in [2.05, 4.69) is 14.9 Å². The minimum Gasteiger partial charge on any atom is -0.481 e. The zero-order valence-corrected chi connectivity index (χ0v) is 11.1. The van der Waals surface area contributed by atoms with Gasteiger partial charge in [0.2, 0.25) is 5.95 Å². The largest absolute Gasteiger partial charge is 0.481 e. The second kappa shape index (κ2) is 5.08. The van der Waals surface area contributed by atoms with Crippen molar-refractivity contribution >= 4 is 11.9 Å². The Hall–Kier alpha value is -2.16. The number of fused-ring (bicyclic) bond motifs is 2. The molecule has 2 aliphatic rings. The molecule has 0 aliphatic carbocycles. The minimum atomic E-state index is -0.717. The number of nitrogens with zero attached hydrogens (tertiary/aromatic N) is 4. The first kappa shape index (κ1) is 12.9. The summed E-state index contributed by atoms with van der Waals surface area (Å²) in [5.41, 5.74) is 0.377. The zero-order valence-electron chi connectivity index (χ0n) is 11.1. The zero-order chi connectivity index (χ0) is 14.1. The van der Waals surface area contributed by atoms with Crippen LogP contribution in [0.1, 0.15) is 37.8 Å². The Morgan fingerprint density at radius 2 is 2.15 bits per heavy atom. The van der Waals surface area contributed by atoms with E-state index >= 15 is 0 Å². The fourth-order valence-corrected chi connectivity index (χ4v) is 3.56. The van der Waals surface area contributed by atoms with Gasteiger partial charge in [0.25, 0.3) is 0 Å². The maximum Gasteiger partial charge on any atom is 0.303 e. The van der Waals surface area contributed by atoms with Crippen LogP contribution in [0.3, 0.4) is 0 Å². The van der Waals surface area contributed by atoms with E-state index in [0.717, 1.165) is 25.7 Å². The molecule has 20 heavy (non-hydrogen) atoms. The third kappa shape index (κ3) is 2.31. The predicted octanol–water partition coefficient (Wildman–Crippen LogP) is 1.57. The number of hydrogen-bond donors (Lipinski definition) is 1. The van der Waals surface area contributed by atoms with Gasteiger partial charge in [-0.2, -0.15) is 5.26 Å². The molecule has 2 fully saturated rings. The Labute approximate surface area is 117 Å². The van der Waals surface area contributed by atoms with Crippen molar-refractivity contribution in [3.05, 3.63) is 18.0 Å². The standard InChI is InChI=1S/C14H16N4O2/c15-8-10-3-4-16-14(17-10)18-11-1-2-12(18)6-9(5-11)7-13(19)20/h3-4,9,11-12H,1-2,5-7H2,(H,19,20). The molecule has 0 radical (unpaired) electrons. The van der Waals surface area contributed by atoms with Gasteiger partial charge in [-0.1, -0.05) is 0 Å². The molecule has 3 rings (SSSR count). The number of aromatic nitrogens is 2. The maximum absolute atomic E-state index is 10.9. The lowest BCUT2D eigenvalue weighted by Crippen LogP contribution is -2.44. The van der Waals surface area contributed by atoms with Crippen LogP contribution in [0.4, 0.5) is 5.95 Å². The number of carboxylic acid groups (broad SMARTS) is 1. The number of piperidine rings is 1. The average Bonchev–Trinajstić information content (AvgIpc) is 2.70. The number of carboxylic acids is 1. The Morgan fingerprint density at radius 3 is 2.75 bits per heavy atom. The van der Waals surface area contributed by atoms with Gasteiger partial charge < -0.3 is 10.0 Å². The van der Waals surface area contributed by atoms with Gasteiger partial charge in [-0.25, -0.2) is 9.97 Å². The van der Waals surface area contributed by atoms with Crippen LogP contribution in [0.25, 0.3) is 0 Å². The Kier molecular flexibility index (Phi) is 3.26. The highest BCUT2D eigenvalue weighted by molar-refractivity contribution is 5.67. The molecule has 0 amide bonds. The summed E-state index contributed by atoms with van der Waals surface area (Å²) in [4.78, 5) is 21.6. The van der Waals surface area contributed by atoms with Crippen molar-refractivity contribution in [2.24, 2.45) is 5.92 Å². The molecular weight excluding hydrogens is 256 g/mol. The molecule has 2 bridgehead atoms. The number of hydrogen-bond acceptors (Lipinski definition) is 5. The highest BCUT2D eigenvalue weighted by atomic mass is 16.4. The van der Waals surface area contributed by atoms with E-state index in [1.807, 2.05) is 6.07 Å². The second-order valence-corrected chi connectivity index (χ2v) is 5.58. The topological polar surface area (TPSA) is 90.1 Å². The van der Waals surface area contributed by atoms with Crippen LogP contribution >= 0.6 is 0 Å². The number of rotatable bonds is 3. The number of carbonyl (C=O) groups is 1. The molecule has 1 aromatic heterocycles. The van der Waals surface area contributed by atoms with E-state index in [4.69, 9.17) is 10.4 Å². The summed E-state index contributed by atoms with van der Waals surface area (Å²) in [7, 11) is 0. The van der Waals surface area contributed by atoms with Crippen molar-refractivity contribution in [3.8, 4) is 6.07 Å². The quantitative estimate of drug-likeness (QED) is 0.898. The normalized spacial score (nSPS) is 28.1. The highest BCUT2D eigenvalue weighted by Gasteiger charge is 2.42. The molecule has 2 saturated heterocycles. The van der Waals surface area contributed by atoms with Gasteiger partial charge in [0.1, 0.15) is 11.8 Å². The summed E-state index contributed by atoms with van der Waals surface area (Å²) >= 11 is 0. The second-order valence-electron chi connectivity index (χ2n) is 5.58. The molecule has 6 heteroatoms. The van der Waals surface area contributed by atoms with Gasteiger partial charge in [0.15, 0.2) is 0 Å². The van der Waals surface area contributed by atoms with Crippen LogP contribution < -0.4 is 4.90 Å². The van der Waals surface area contributed by atoms with Crippen molar-refractivity contribution in [2.45, 2.75) is 44.2 Å². The Balaban J connectivity index is 1.80. The van der Waals surface area contributed by atoms with Crippen LogP contribution in [-0.2, 0) is 4.79 Å². The maximum atomic E-state index is 10.9. The summed E-state index contributed by atoms with van der Waals surface area (Å²) in [6, 6.07) is 4.26. The minimum absolute atomic E-state index is 0.250. The van der Waals surface area contributed by atoms with Crippen molar-refractivity contribution in [1.82, 2.24) is 9.97 Å². The molecule has 0 aromatic carbocycles. The molecule has 6 nitrogen and oxygen atoms in total. The van der Waals surface area contributed by atoms with Crippen molar-refractivity contribution in [3.63, 3.8) is 0 Å². The Bertz CT molecular complexity index is 555. The SMILES string of the molecule is N#Cc1ccnc(N2C3CCC2CC(CC(=O)O)C3)n1. The van der Waals surface area contributed by atoms with Crippen LogP contribution in [-0.4, -0.2) is 33.1 Å². The first-order valence-electron chi connectivity index (χ1n) is 6.90. The molecule has 1 N–H and O–H groups in total. The predicted molar refractivity (Wildman–Crippen MR) is 71.0 cm³/mol. The third-order valence-corrected chi connectivity index (χ3v) is 4.28. The fraction of sp³-hybridized carbons (Fsp3) is 0.571. The van der Waals surface area contributed by atoms with Gasteiger partial charge in [-0.05, 0) is 37.7 Å². The fourth-order valence-electron chi connectivity index (χ4n) is 3.56. The summed E-state index contributed by atoms with van der Waals surface area (Å²) in [5.74, 6) is 0.149. The van der Waals surface area contributed by atoms with Gasteiger partial charge in [0.05, 0.1) is 0 Å². The summed E-state index contributed by atoms with van der Waals surface area (Å²) < 4.78 is 0. The van der Waals surface area contributed by atoms with E-state index in [1.165, 1.54) is 0 Å². The lowest BCUT2D eigenvalue weighted by molar-refractivity contribution is -0.138. The molecule has 0 saturated carbocycles. The molecular formula is C14H16N4O2. The van der Waals surface area contributed by atoms with Crippen LogP contribution in [0.5, 0.6) is 0 Å². The van der Waals surface area contributed by atoms with Gasteiger partial charge in [-0.3, -0.25) is 4.79 Å². The van der Waals surface area contributed by atoms with Gasteiger partial charge >= 0.3 is 5.97 Å². The monoisotopic (exact) mass is 272 g/mol. The smallest absolute Gasteiger partial charge is 0.303 e. The van der Waals surface area contributed by atoms with Crippen LogP contribution in [0.2, 0.25) is 0 Å². The molecule has 0 spiro atoms. The van der Waals surface area contributed by atoms with Crippen LogP contribution in [0.15, 0.2) is 12.3 Å². The molecule has 2 aliphatic heterocycles. The average molecular weight is 272 g/mol. The van der Waals surface area contributed by atoms with E-state index < -0.39 is 5.97 Å². The summed E-state index contributed by atoms with van der Waals surface area (Å²) in [6.07, 6.45) is 5.73. The third-order valence-electron chi connectivity index (χ3n) is 4.28. The lowest BCUT2D eigenvalue weighted by atomic mass is 9.88.